The number of piperazine rings is 1. The molecule has 6 nitrogen and oxygen atoms in total. The fourth-order valence-corrected chi connectivity index (χ4v) is 3.60. The zero-order valence-electron chi connectivity index (χ0n) is 14.8. The number of anilines is 1. The highest BCUT2D eigenvalue weighted by atomic mass is 15.3. The van der Waals surface area contributed by atoms with E-state index in [0.717, 1.165) is 55.1 Å². The van der Waals surface area contributed by atoms with Crippen LogP contribution in [0.1, 0.15) is 30.3 Å². The molecule has 1 saturated heterocycles. The maximum Gasteiger partial charge on any atom is 0.131 e. The van der Waals surface area contributed by atoms with Crippen LogP contribution in [0.25, 0.3) is 10.9 Å². The maximum absolute atomic E-state index is 4.76. The van der Waals surface area contributed by atoms with Crippen molar-refractivity contribution in [2.24, 2.45) is 0 Å². The summed E-state index contributed by atoms with van der Waals surface area (Å²) in [4.78, 5) is 22.5. The first kappa shape index (κ1) is 15.6. The molecule has 2 aromatic heterocycles. The van der Waals surface area contributed by atoms with Crippen LogP contribution in [-0.2, 0) is 6.54 Å². The topological polar surface area (TPSA) is 58.0 Å². The molecule has 1 aliphatic heterocycles. The Labute approximate surface area is 152 Å². The Morgan fingerprint density at radius 3 is 2.73 bits per heavy atom. The smallest absolute Gasteiger partial charge is 0.131 e. The lowest BCUT2D eigenvalue weighted by molar-refractivity contribution is 0.247. The number of hydrogen-bond acceptors (Lipinski definition) is 6. The van der Waals surface area contributed by atoms with E-state index in [2.05, 4.69) is 49.0 Å². The predicted molar refractivity (Wildman–Crippen MR) is 101 cm³/mol. The molecule has 1 aromatic carbocycles. The van der Waals surface area contributed by atoms with Crippen LogP contribution < -0.4 is 4.90 Å². The standard InChI is InChI=1S/C20H22N6/c1-2-15(1)20-22-6-5-17(24-20)13-25-7-9-26(10-8-25)18-3-4-19-16(11-18)12-21-14-23-19/h3-6,11-12,14-15H,1-2,7-10,13H2. The highest BCUT2D eigenvalue weighted by Crippen LogP contribution is 2.37. The highest BCUT2D eigenvalue weighted by molar-refractivity contribution is 5.81. The van der Waals surface area contributed by atoms with Crippen LogP contribution in [0.5, 0.6) is 0 Å². The average molecular weight is 346 g/mol. The van der Waals surface area contributed by atoms with Crippen molar-refractivity contribution in [1.29, 1.82) is 0 Å². The quantitative estimate of drug-likeness (QED) is 0.724. The van der Waals surface area contributed by atoms with Crippen LogP contribution in [0.2, 0.25) is 0 Å². The van der Waals surface area contributed by atoms with Gasteiger partial charge in [-0.1, -0.05) is 0 Å². The van der Waals surface area contributed by atoms with E-state index in [-0.39, 0.29) is 0 Å². The van der Waals surface area contributed by atoms with Gasteiger partial charge in [0.15, 0.2) is 0 Å². The SMILES string of the molecule is c1cc(CN2CCN(c3ccc4ncncc4c3)CC2)nc(C2CC2)n1. The fourth-order valence-electron chi connectivity index (χ4n) is 3.60. The molecule has 1 saturated carbocycles. The maximum atomic E-state index is 4.76. The van der Waals surface area contributed by atoms with Gasteiger partial charge in [0.1, 0.15) is 12.2 Å². The Morgan fingerprint density at radius 1 is 1.00 bits per heavy atom. The van der Waals surface area contributed by atoms with Gasteiger partial charge >= 0.3 is 0 Å². The lowest BCUT2D eigenvalue weighted by Crippen LogP contribution is -2.46. The molecule has 0 N–H and O–H groups in total. The third kappa shape index (κ3) is 3.24. The molecule has 5 rings (SSSR count). The molecule has 0 unspecified atom stereocenters. The monoisotopic (exact) mass is 346 g/mol. The van der Waals surface area contributed by atoms with Gasteiger partial charge in [0.05, 0.1) is 11.2 Å². The molecule has 26 heavy (non-hydrogen) atoms. The van der Waals surface area contributed by atoms with Gasteiger partial charge in [0.25, 0.3) is 0 Å². The van der Waals surface area contributed by atoms with E-state index < -0.39 is 0 Å². The largest absolute Gasteiger partial charge is 0.369 e. The Morgan fingerprint density at radius 2 is 1.88 bits per heavy atom. The van der Waals surface area contributed by atoms with Crippen molar-refractivity contribution in [3.05, 3.63) is 54.5 Å². The Balaban J connectivity index is 1.23. The van der Waals surface area contributed by atoms with Gasteiger partial charge < -0.3 is 4.90 Å². The van der Waals surface area contributed by atoms with Gasteiger partial charge in [-0.15, -0.1) is 0 Å². The van der Waals surface area contributed by atoms with Crippen LogP contribution in [0.4, 0.5) is 5.69 Å². The number of hydrogen-bond donors (Lipinski definition) is 0. The van der Waals surface area contributed by atoms with Crippen molar-refractivity contribution in [2.45, 2.75) is 25.3 Å². The fraction of sp³-hybridized carbons (Fsp3) is 0.400. The molecule has 0 spiro atoms. The molecule has 0 atom stereocenters. The van der Waals surface area contributed by atoms with Gasteiger partial charge in [0.2, 0.25) is 0 Å². The van der Waals surface area contributed by atoms with Crippen molar-refractivity contribution in [3.63, 3.8) is 0 Å². The zero-order valence-corrected chi connectivity index (χ0v) is 14.8. The second-order valence-electron chi connectivity index (χ2n) is 7.21. The minimum atomic E-state index is 0.615. The molecule has 3 heterocycles. The summed E-state index contributed by atoms with van der Waals surface area (Å²) >= 11 is 0. The van der Waals surface area contributed by atoms with E-state index in [0.29, 0.717) is 5.92 Å². The van der Waals surface area contributed by atoms with Gasteiger partial charge in [-0.25, -0.2) is 19.9 Å². The molecule has 0 bridgehead atoms. The lowest BCUT2D eigenvalue weighted by atomic mass is 10.2. The van der Waals surface area contributed by atoms with Gasteiger partial charge in [-0.3, -0.25) is 4.90 Å². The summed E-state index contributed by atoms with van der Waals surface area (Å²) in [5, 5.41) is 1.10. The van der Waals surface area contributed by atoms with Crippen LogP contribution >= 0.6 is 0 Å². The molecule has 1 aliphatic carbocycles. The first-order chi connectivity index (χ1) is 12.8. The summed E-state index contributed by atoms with van der Waals surface area (Å²) in [6.45, 7) is 5.07. The molecule has 0 amide bonds. The van der Waals surface area contributed by atoms with Gasteiger partial charge in [0, 0.05) is 62.1 Å². The molecule has 6 heteroatoms. The number of fused-ring (bicyclic) bond motifs is 1. The molecule has 2 aliphatic rings. The molecular weight excluding hydrogens is 324 g/mol. The summed E-state index contributed by atoms with van der Waals surface area (Å²) in [7, 11) is 0. The molecule has 0 radical (unpaired) electrons. The number of nitrogens with zero attached hydrogens (tertiary/aromatic N) is 6. The van der Waals surface area contributed by atoms with Gasteiger partial charge in [-0.05, 0) is 37.1 Å². The van der Waals surface area contributed by atoms with Crippen LogP contribution in [-0.4, -0.2) is 51.0 Å². The first-order valence-corrected chi connectivity index (χ1v) is 9.34. The lowest BCUT2D eigenvalue weighted by Gasteiger charge is -2.36. The van der Waals surface area contributed by atoms with E-state index in [9.17, 15) is 0 Å². The van der Waals surface area contributed by atoms with Crippen molar-refractivity contribution in [3.8, 4) is 0 Å². The second kappa shape index (κ2) is 6.61. The third-order valence-electron chi connectivity index (χ3n) is 5.29. The van der Waals surface area contributed by atoms with Crippen molar-refractivity contribution in [1.82, 2.24) is 24.8 Å². The van der Waals surface area contributed by atoms with E-state index in [1.807, 2.05) is 12.4 Å². The Hall–Kier alpha value is -2.60. The number of benzene rings is 1. The van der Waals surface area contributed by atoms with Crippen molar-refractivity contribution < 1.29 is 0 Å². The zero-order chi connectivity index (χ0) is 17.3. The van der Waals surface area contributed by atoms with Crippen LogP contribution in [0.3, 0.4) is 0 Å². The second-order valence-corrected chi connectivity index (χ2v) is 7.21. The molecule has 132 valence electrons. The normalized spacial score (nSPS) is 18.4. The summed E-state index contributed by atoms with van der Waals surface area (Å²) < 4.78 is 0. The summed E-state index contributed by atoms with van der Waals surface area (Å²) in [6, 6.07) is 8.50. The minimum Gasteiger partial charge on any atom is -0.369 e. The molecule has 2 fully saturated rings. The van der Waals surface area contributed by atoms with Crippen LogP contribution in [0.15, 0.2) is 43.0 Å². The van der Waals surface area contributed by atoms with Crippen molar-refractivity contribution >= 4 is 16.6 Å². The van der Waals surface area contributed by atoms with E-state index >= 15 is 0 Å². The van der Waals surface area contributed by atoms with E-state index in [1.54, 1.807) is 6.33 Å². The summed E-state index contributed by atoms with van der Waals surface area (Å²) in [5.41, 5.74) is 3.40. The molecule has 3 aromatic rings. The highest BCUT2D eigenvalue weighted by Gasteiger charge is 2.26. The van der Waals surface area contributed by atoms with Crippen molar-refractivity contribution in [2.75, 3.05) is 31.1 Å². The minimum absolute atomic E-state index is 0.615. The Kier molecular flexibility index (Phi) is 3.97. The number of aromatic nitrogens is 4. The van der Waals surface area contributed by atoms with E-state index in [4.69, 9.17) is 4.98 Å². The Bertz CT molecular complexity index is 915. The predicted octanol–water partition coefficient (Wildman–Crippen LogP) is 2.62. The van der Waals surface area contributed by atoms with E-state index in [1.165, 1.54) is 18.5 Å². The number of rotatable bonds is 4. The first-order valence-electron chi connectivity index (χ1n) is 9.34. The molecular formula is C20H22N6. The van der Waals surface area contributed by atoms with Crippen LogP contribution in [0, 0.1) is 0 Å². The summed E-state index contributed by atoms with van der Waals surface area (Å²) in [6.07, 6.45) is 7.90. The van der Waals surface area contributed by atoms with Gasteiger partial charge in [-0.2, -0.15) is 0 Å². The third-order valence-corrected chi connectivity index (χ3v) is 5.29. The average Bonchev–Trinajstić information content (AvgIpc) is 3.54. The summed E-state index contributed by atoms with van der Waals surface area (Å²) in [5.74, 6) is 1.66.